The maximum Gasteiger partial charge on any atom is 0.323 e. The topological polar surface area (TPSA) is 74.7 Å². The molecule has 0 aromatic carbocycles. The van der Waals surface area contributed by atoms with Crippen LogP contribution in [0.5, 0.6) is 0 Å². The monoisotopic (exact) mass is 243 g/mol. The van der Waals surface area contributed by atoms with E-state index in [-0.39, 0.29) is 0 Å². The van der Waals surface area contributed by atoms with Gasteiger partial charge in [-0.25, -0.2) is 0 Å². The van der Waals surface area contributed by atoms with Crippen molar-refractivity contribution >= 4 is 29.4 Å². The number of hydrogen-bond donors (Lipinski definition) is 1. The van der Waals surface area contributed by atoms with E-state index >= 15 is 0 Å². The summed E-state index contributed by atoms with van der Waals surface area (Å²) >= 11 is 5.81. The van der Waals surface area contributed by atoms with Crippen LogP contribution >= 0.6 is 11.6 Å². The Morgan fingerprint density at radius 3 is 2.69 bits per heavy atom. The van der Waals surface area contributed by atoms with E-state index in [1.165, 1.54) is 0 Å². The van der Waals surface area contributed by atoms with Gasteiger partial charge in [0.05, 0.1) is 11.8 Å². The van der Waals surface area contributed by atoms with Crippen LogP contribution in [0.15, 0.2) is 11.1 Å². The van der Waals surface area contributed by atoms with Crippen molar-refractivity contribution in [3.63, 3.8) is 0 Å². The van der Waals surface area contributed by atoms with E-state index in [0.717, 1.165) is 4.90 Å². The number of aliphatic carboxylic acids is 1. The van der Waals surface area contributed by atoms with Crippen molar-refractivity contribution in [1.82, 2.24) is 4.90 Å². The van der Waals surface area contributed by atoms with Crippen molar-refractivity contribution in [3.8, 4) is 0 Å². The van der Waals surface area contributed by atoms with Crippen LogP contribution in [0.4, 0.5) is 0 Å². The van der Waals surface area contributed by atoms with Crippen LogP contribution in [-0.2, 0) is 14.4 Å². The second-order valence-electron chi connectivity index (χ2n) is 3.96. The van der Waals surface area contributed by atoms with E-state index in [2.05, 4.69) is 0 Å². The van der Waals surface area contributed by atoms with Gasteiger partial charge in [0, 0.05) is 5.03 Å². The van der Waals surface area contributed by atoms with Crippen LogP contribution in [0.25, 0.3) is 0 Å². The van der Waals surface area contributed by atoms with Gasteiger partial charge in [-0.15, -0.1) is 0 Å². The molecule has 86 valence electrons. The van der Waals surface area contributed by atoms with Crippen LogP contribution in [0.1, 0.15) is 12.8 Å². The van der Waals surface area contributed by atoms with Crippen LogP contribution in [-0.4, -0.2) is 34.3 Å². The lowest BCUT2D eigenvalue weighted by molar-refractivity contribution is -0.149. The molecular formula is C10H10ClNO4. The molecule has 1 heterocycles. The molecule has 6 heteroatoms. The van der Waals surface area contributed by atoms with Gasteiger partial charge in [-0.2, -0.15) is 0 Å². The van der Waals surface area contributed by atoms with E-state index in [4.69, 9.17) is 16.7 Å². The van der Waals surface area contributed by atoms with Gasteiger partial charge < -0.3 is 5.11 Å². The Kier molecular flexibility index (Phi) is 2.71. The average molecular weight is 244 g/mol. The lowest BCUT2D eigenvalue weighted by Crippen LogP contribution is -2.35. The molecule has 0 aromatic heterocycles. The molecule has 2 aliphatic rings. The first-order valence-corrected chi connectivity index (χ1v) is 5.30. The Morgan fingerprint density at radius 1 is 1.44 bits per heavy atom. The maximum atomic E-state index is 11.8. The van der Waals surface area contributed by atoms with E-state index in [1.54, 1.807) is 6.08 Å². The van der Waals surface area contributed by atoms with Gasteiger partial charge in [0.15, 0.2) is 0 Å². The molecule has 2 amide bonds. The highest BCUT2D eigenvalue weighted by Gasteiger charge is 2.48. The van der Waals surface area contributed by atoms with Crippen LogP contribution < -0.4 is 0 Å². The van der Waals surface area contributed by atoms with Crippen LogP contribution in [0.2, 0.25) is 0 Å². The Labute approximate surface area is 96.7 Å². The number of fused-ring (bicyclic) bond motifs is 1. The highest BCUT2D eigenvalue weighted by Crippen LogP contribution is 2.38. The fourth-order valence-corrected chi connectivity index (χ4v) is 2.44. The molecule has 2 unspecified atom stereocenters. The summed E-state index contributed by atoms with van der Waals surface area (Å²) in [5.41, 5.74) is 0. The largest absolute Gasteiger partial charge is 0.480 e. The van der Waals surface area contributed by atoms with Crippen molar-refractivity contribution in [2.45, 2.75) is 12.8 Å². The number of allylic oxidation sites excluding steroid dienone is 2. The summed E-state index contributed by atoms with van der Waals surface area (Å²) in [5.74, 6) is -2.88. The first-order chi connectivity index (χ1) is 7.50. The number of nitrogens with zero attached hydrogens (tertiary/aromatic N) is 1. The summed E-state index contributed by atoms with van der Waals surface area (Å²) in [6.45, 7) is -0.553. The molecule has 0 saturated carbocycles. The highest BCUT2D eigenvalue weighted by atomic mass is 35.5. The van der Waals surface area contributed by atoms with Crippen molar-refractivity contribution < 1.29 is 19.5 Å². The Morgan fingerprint density at radius 2 is 2.06 bits per heavy atom. The maximum absolute atomic E-state index is 11.8. The number of carbonyl (C=O) groups excluding carboxylic acids is 2. The number of carboxylic acid groups (broad SMARTS) is 1. The second-order valence-corrected chi connectivity index (χ2v) is 4.45. The van der Waals surface area contributed by atoms with Crippen molar-refractivity contribution in [3.05, 3.63) is 11.1 Å². The minimum Gasteiger partial charge on any atom is -0.480 e. The molecule has 1 saturated heterocycles. The zero-order valence-electron chi connectivity index (χ0n) is 8.35. The Balaban J connectivity index is 2.21. The standard InChI is InChI=1S/C10H10ClNO4/c11-5-1-2-6-7(3-5)10(16)12(9(6)15)4-8(13)14/h1,6-7H,2-4H2,(H,13,14). The Hall–Kier alpha value is -1.36. The summed E-state index contributed by atoms with van der Waals surface area (Å²) in [6.07, 6.45) is 2.48. The van der Waals surface area contributed by atoms with E-state index in [9.17, 15) is 14.4 Å². The average Bonchev–Trinajstić information content (AvgIpc) is 2.43. The first kappa shape index (κ1) is 11.1. The van der Waals surface area contributed by atoms with Crippen LogP contribution in [0, 0.1) is 11.8 Å². The summed E-state index contributed by atoms with van der Waals surface area (Å²) in [6, 6.07) is 0. The fraction of sp³-hybridized carbons (Fsp3) is 0.500. The number of carboxylic acids is 1. The summed E-state index contributed by atoms with van der Waals surface area (Å²) in [7, 11) is 0. The molecular weight excluding hydrogens is 234 g/mol. The summed E-state index contributed by atoms with van der Waals surface area (Å²) < 4.78 is 0. The van der Waals surface area contributed by atoms with Gasteiger partial charge in [-0.05, 0) is 12.8 Å². The van der Waals surface area contributed by atoms with Crippen molar-refractivity contribution in [2.75, 3.05) is 6.54 Å². The van der Waals surface area contributed by atoms with Gasteiger partial charge in [0.25, 0.3) is 0 Å². The SMILES string of the molecule is O=C(O)CN1C(=O)C2CC=C(Cl)CC2C1=O. The zero-order chi connectivity index (χ0) is 11.9. The van der Waals surface area contributed by atoms with Gasteiger partial charge in [-0.3, -0.25) is 19.3 Å². The number of imide groups is 1. The van der Waals surface area contributed by atoms with Gasteiger partial charge in [0.2, 0.25) is 11.8 Å². The predicted octanol–water partition coefficient (Wildman–Crippen LogP) is 0.589. The van der Waals surface area contributed by atoms with Crippen molar-refractivity contribution in [1.29, 1.82) is 0 Å². The zero-order valence-corrected chi connectivity index (χ0v) is 9.11. The number of halogens is 1. The molecule has 5 nitrogen and oxygen atoms in total. The fourth-order valence-electron chi connectivity index (χ4n) is 2.19. The molecule has 0 aromatic rings. The number of hydrogen-bond acceptors (Lipinski definition) is 3. The third-order valence-electron chi connectivity index (χ3n) is 2.95. The molecule has 0 bridgehead atoms. The third kappa shape index (κ3) is 1.71. The van der Waals surface area contributed by atoms with Crippen molar-refractivity contribution in [2.24, 2.45) is 11.8 Å². The van der Waals surface area contributed by atoms with E-state index in [0.29, 0.717) is 17.9 Å². The normalized spacial score (nSPS) is 29.1. The van der Waals surface area contributed by atoms with Gasteiger partial charge in [-0.1, -0.05) is 17.7 Å². The van der Waals surface area contributed by atoms with Gasteiger partial charge in [0.1, 0.15) is 6.54 Å². The van der Waals surface area contributed by atoms with Gasteiger partial charge >= 0.3 is 5.97 Å². The number of carbonyl (C=O) groups is 3. The predicted molar refractivity (Wildman–Crippen MR) is 54.5 cm³/mol. The molecule has 0 radical (unpaired) electrons. The van der Waals surface area contributed by atoms with E-state index < -0.39 is 36.2 Å². The summed E-state index contributed by atoms with van der Waals surface area (Å²) in [5, 5.41) is 9.18. The quantitative estimate of drug-likeness (QED) is 0.721. The van der Waals surface area contributed by atoms with E-state index in [1.807, 2.05) is 0 Å². The molecule has 1 aliphatic carbocycles. The first-order valence-electron chi connectivity index (χ1n) is 4.92. The third-order valence-corrected chi connectivity index (χ3v) is 3.26. The molecule has 0 spiro atoms. The second kappa shape index (κ2) is 3.90. The smallest absolute Gasteiger partial charge is 0.323 e. The minimum absolute atomic E-state index is 0.340. The minimum atomic E-state index is -1.18. The molecule has 2 atom stereocenters. The molecule has 1 fully saturated rings. The molecule has 2 rings (SSSR count). The number of likely N-dealkylation sites (tertiary alicyclic amines) is 1. The highest BCUT2D eigenvalue weighted by molar-refractivity contribution is 6.30. The lowest BCUT2D eigenvalue weighted by Gasteiger charge is -2.17. The Bertz CT molecular complexity index is 404. The lowest BCUT2D eigenvalue weighted by atomic mass is 9.85. The molecule has 16 heavy (non-hydrogen) atoms. The molecule has 1 aliphatic heterocycles. The summed E-state index contributed by atoms with van der Waals surface area (Å²) in [4.78, 5) is 34.9. The number of rotatable bonds is 2. The number of amides is 2. The van der Waals surface area contributed by atoms with Crippen LogP contribution in [0.3, 0.4) is 0 Å². The molecule has 1 N–H and O–H groups in total.